The first-order chi connectivity index (χ1) is 12.6. The second-order valence-electron chi connectivity index (χ2n) is 6.22. The van der Waals surface area contributed by atoms with Gasteiger partial charge in [-0.15, -0.1) is 0 Å². The monoisotopic (exact) mass is 387 g/mol. The summed E-state index contributed by atoms with van der Waals surface area (Å²) in [6.45, 7) is 1.03. The van der Waals surface area contributed by atoms with Gasteiger partial charge >= 0.3 is 0 Å². The molecule has 4 rings (SSSR count). The van der Waals surface area contributed by atoms with Crippen molar-refractivity contribution in [2.24, 2.45) is 0 Å². The van der Waals surface area contributed by atoms with Crippen LogP contribution in [0.4, 0.5) is 0 Å². The summed E-state index contributed by atoms with van der Waals surface area (Å²) in [5.41, 5.74) is 1.54. The van der Waals surface area contributed by atoms with E-state index in [0.717, 1.165) is 5.56 Å². The van der Waals surface area contributed by atoms with E-state index in [1.54, 1.807) is 23.1 Å². The molecule has 26 heavy (non-hydrogen) atoms. The Balaban J connectivity index is 1.67. The van der Waals surface area contributed by atoms with E-state index >= 15 is 0 Å². The number of hydrogen-bond acceptors (Lipinski definition) is 4. The molecule has 1 fully saturated rings. The number of hydrogen-bond donors (Lipinski definition) is 0. The van der Waals surface area contributed by atoms with Crippen LogP contribution in [0.5, 0.6) is 0 Å². The summed E-state index contributed by atoms with van der Waals surface area (Å²) < 4.78 is 4.92. The molecule has 2 atom stereocenters. The molecule has 0 spiro atoms. The summed E-state index contributed by atoms with van der Waals surface area (Å²) in [6, 6.07) is 15.1. The molecular weight excluding hydrogens is 373 g/mol. The average molecular weight is 388 g/mol. The van der Waals surface area contributed by atoms with Crippen LogP contribution in [0, 0.1) is 0 Å². The lowest BCUT2D eigenvalue weighted by molar-refractivity contribution is 0.0789. The van der Waals surface area contributed by atoms with Crippen molar-refractivity contribution in [2.45, 2.75) is 11.8 Å². The quantitative estimate of drug-likeness (QED) is 0.667. The van der Waals surface area contributed by atoms with Crippen molar-refractivity contribution < 1.29 is 9.32 Å². The zero-order chi connectivity index (χ0) is 18.1. The van der Waals surface area contributed by atoms with E-state index in [4.69, 9.17) is 27.7 Å². The van der Waals surface area contributed by atoms with Crippen molar-refractivity contribution in [3.63, 3.8) is 0 Å². The highest BCUT2D eigenvalue weighted by molar-refractivity contribution is 6.43. The number of carbonyl (C=O) groups excluding carboxylic acids is 1. The molecule has 0 aliphatic carbocycles. The maximum atomic E-state index is 13.0. The third-order valence-corrected chi connectivity index (χ3v) is 5.55. The second-order valence-corrected chi connectivity index (χ2v) is 7.01. The van der Waals surface area contributed by atoms with Gasteiger partial charge in [0.2, 0.25) is 6.39 Å². The van der Waals surface area contributed by atoms with Crippen LogP contribution >= 0.6 is 23.2 Å². The molecule has 0 bridgehead atoms. The third kappa shape index (κ3) is 3.08. The number of nitrogens with zero attached hydrogens (tertiary/aromatic N) is 3. The minimum atomic E-state index is -0.149. The van der Waals surface area contributed by atoms with Gasteiger partial charge in [-0.3, -0.25) is 4.79 Å². The standard InChI is InChI=1S/C19H15Cl2N3O2/c20-16-8-4-7-13(17(16)21)19(25)24-9-14(12-5-2-1-3-6-12)15(10-24)18-22-11-26-23-18/h1-8,11,14-15H,9-10H2/t14-,15-/m1/s1. The van der Waals surface area contributed by atoms with Crippen LogP contribution < -0.4 is 0 Å². The lowest BCUT2D eigenvalue weighted by atomic mass is 9.88. The summed E-state index contributed by atoms with van der Waals surface area (Å²) in [4.78, 5) is 19.0. The zero-order valence-corrected chi connectivity index (χ0v) is 15.2. The average Bonchev–Trinajstić information content (AvgIpc) is 3.33. The molecule has 0 N–H and O–H groups in total. The lowest BCUT2D eigenvalue weighted by Crippen LogP contribution is -2.29. The Bertz CT molecular complexity index is 916. The SMILES string of the molecule is O=C(c1cccc(Cl)c1Cl)N1C[C@H](c2ccccc2)[C@H](c2ncon2)C1. The van der Waals surface area contributed by atoms with Crippen LogP contribution in [0.2, 0.25) is 10.0 Å². The van der Waals surface area contributed by atoms with Crippen LogP contribution in [0.25, 0.3) is 0 Å². The molecule has 1 aliphatic rings. The predicted octanol–water partition coefficient (Wildman–Crippen LogP) is 4.40. The number of aromatic nitrogens is 2. The lowest BCUT2D eigenvalue weighted by Gasteiger charge is -2.17. The molecule has 2 aromatic carbocycles. The van der Waals surface area contributed by atoms with Gasteiger partial charge in [0.05, 0.1) is 15.6 Å². The summed E-state index contributed by atoms with van der Waals surface area (Å²) in [5.74, 6) is 0.490. The highest BCUT2D eigenvalue weighted by Gasteiger charge is 2.40. The fourth-order valence-electron chi connectivity index (χ4n) is 3.45. The molecule has 1 aliphatic heterocycles. The van der Waals surface area contributed by atoms with E-state index in [1.807, 2.05) is 18.2 Å². The van der Waals surface area contributed by atoms with Gasteiger partial charge in [0, 0.05) is 24.9 Å². The molecular formula is C19H15Cl2N3O2. The molecule has 7 heteroatoms. The minimum absolute atomic E-state index is 0.0435. The number of halogens is 2. The first-order valence-corrected chi connectivity index (χ1v) is 8.95. The highest BCUT2D eigenvalue weighted by atomic mass is 35.5. The zero-order valence-electron chi connectivity index (χ0n) is 13.7. The Morgan fingerprint density at radius 3 is 2.54 bits per heavy atom. The molecule has 2 heterocycles. The van der Waals surface area contributed by atoms with Crippen LogP contribution in [-0.4, -0.2) is 34.0 Å². The number of rotatable bonds is 3. The largest absolute Gasteiger partial charge is 0.343 e. The van der Waals surface area contributed by atoms with Crippen molar-refractivity contribution in [2.75, 3.05) is 13.1 Å². The Hall–Kier alpha value is -2.37. The Morgan fingerprint density at radius 1 is 1.04 bits per heavy atom. The Kier molecular flexibility index (Phi) is 4.66. The van der Waals surface area contributed by atoms with Gasteiger partial charge in [-0.25, -0.2) is 0 Å². The molecule has 5 nitrogen and oxygen atoms in total. The molecule has 132 valence electrons. The van der Waals surface area contributed by atoms with E-state index in [9.17, 15) is 4.79 Å². The minimum Gasteiger partial charge on any atom is -0.343 e. The second kappa shape index (κ2) is 7.09. The van der Waals surface area contributed by atoms with Crippen molar-refractivity contribution in [3.8, 4) is 0 Å². The van der Waals surface area contributed by atoms with Crippen molar-refractivity contribution >= 4 is 29.1 Å². The first kappa shape index (κ1) is 17.1. The van der Waals surface area contributed by atoms with Crippen molar-refractivity contribution in [1.29, 1.82) is 0 Å². The molecule has 1 aromatic heterocycles. The van der Waals surface area contributed by atoms with E-state index in [2.05, 4.69) is 22.3 Å². The summed E-state index contributed by atoms with van der Waals surface area (Å²) in [7, 11) is 0. The van der Waals surface area contributed by atoms with Gasteiger partial charge in [0.1, 0.15) is 0 Å². The van der Waals surface area contributed by atoms with Crippen molar-refractivity contribution in [3.05, 3.63) is 81.9 Å². The van der Waals surface area contributed by atoms with Gasteiger partial charge in [-0.2, -0.15) is 4.98 Å². The van der Waals surface area contributed by atoms with Crippen LogP contribution in [-0.2, 0) is 0 Å². The van der Waals surface area contributed by atoms with Crippen LogP contribution in [0.1, 0.15) is 33.6 Å². The molecule has 0 unspecified atom stereocenters. The van der Waals surface area contributed by atoms with Crippen molar-refractivity contribution in [1.82, 2.24) is 15.0 Å². The van der Waals surface area contributed by atoms with E-state index < -0.39 is 0 Å². The van der Waals surface area contributed by atoms with E-state index in [1.165, 1.54) is 6.39 Å². The Morgan fingerprint density at radius 2 is 1.81 bits per heavy atom. The van der Waals surface area contributed by atoms with E-state index in [0.29, 0.717) is 29.5 Å². The third-order valence-electron chi connectivity index (χ3n) is 4.73. The summed E-state index contributed by atoms with van der Waals surface area (Å²) in [6.07, 6.45) is 1.32. The number of benzene rings is 2. The van der Waals surface area contributed by atoms with Crippen LogP contribution in [0.3, 0.4) is 0 Å². The van der Waals surface area contributed by atoms with Gasteiger partial charge < -0.3 is 9.42 Å². The van der Waals surface area contributed by atoms with Gasteiger partial charge in [-0.05, 0) is 17.7 Å². The molecule has 3 aromatic rings. The maximum absolute atomic E-state index is 13.0. The van der Waals surface area contributed by atoms with Crippen LogP contribution in [0.15, 0.2) is 59.4 Å². The van der Waals surface area contributed by atoms with Gasteiger partial charge in [0.15, 0.2) is 5.82 Å². The smallest absolute Gasteiger partial charge is 0.255 e. The summed E-state index contributed by atoms with van der Waals surface area (Å²) in [5, 5.41) is 4.64. The molecule has 1 saturated heterocycles. The highest BCUT2D eigenvalue weighted by Crippen LogP contribution is 2.39. The molecule has 0 saturated carbocycles. The fraction of sp³-hybridized carbons (Fsp3) is 0.211. The Labute approximate surface area is 160 Å². The topological polar surface area (TPSA) is 59.2 Å². The fourth-order valence-corrected chi connectivity index (χ4v) is 3.83. The molecule has 0 radical (unpaired) electrons. The first-order valence-electron chi connectivity index (χ1n) is 8.19. The predicted molar refractivity (Wildman–Crippen MR) is 98.6 cm³/mol. The summed E-state index contributed by atoms with van der Waals surface area (Å²) >= 11 is 12.3. The number of likely N-dealkylation sites (tertiary alicyclic amines) is 1. The van der Waals surface area contributed by atoms with Gasteiger partial charge in [-0.1, -0.05) is 64.8 Å². The molecule has 1 amide bonds. The maximum Gasteiger partial charge on any atom is 0.255 e. The van der Waals surface area contributed by atoms with E-state index in [-0.39, 0.29) is 22.8 Å². The number of carbonyl (C=O) groups is 1. The van der Waals surface area contributed by atoms with Gasteiger partial charge in [0.25, 0.3) is 5.91 Å². The normalized spacial score (nSPS) is 19.7. The number of amides is 1.